The summed E-state index contributed by atoms with van der Waals surface area (Å²) in [7, 11) is 0. The van der Waals surface area contributed by atoms with Crippen LogP contribution >= 0.6 is 0 Å². The summed E-state index contributed by atoms with van der Waals surface area (Å²) in [5.41, 5.74) is 7.34. The van der Waals surface area contributed by atoms with E-state index in [1.807, 2.05) is 0 Å². The zero-order valence-electron chi connectivity index (χ0n) is 15.3. The molecule has 0 heteroatoms. The second-order valence-corrected chi connectivity index (χ2v) is 9.61. The van der Waals surface area contributed by atoms with Crippen molar-refractivity contribution in [3.63, 3.8) is 0 Å². The van der Waals surface area contributed by atoms with Crippen molar-refractivity contribution in [1.82, 2.24) is 0 Å². The average Bonchev–Trinajstić information content (AvgIpc) is 3.12. The van der Waals surface area contributed by atoms with Gasteiger partial charge in [-0.25, -0.2) is 0 Å². The molecular weight excluding hydrogens is 288 g/mol. The van der Waals surface area contributed by atoms with E-state index in [2.05, 4.69) is 57.2 Å². The Hall–Kier alpha value is -1.56. The Labute approximate surface area is 146 Å². The van der Waals surface area contributed by atoms with Crippen LogP contribution in [0.4, 0.5) is 0 Å². The third-order valence-electron chi connectivity index (χ3n) is 7.09. The van der Waals surface area contributed by atoms with Crippen LogP contribution in [0.25, 0.3) is 10.8 Å². The molecule has 2 bridgehead atoms. The first-order valence-electron chi connectivity index (χ1n) is 9.68. The largest absolute Gasteiger partial charge is 0.0850 e. The van der Waals surface area contributed by atoms with E-state index in [0.29, 0.717) is 5.41 Å². The van der Waals surface area contributed by atoms with Gasteiger partial charge in [-0.3, -0.25) is 0 Å². The number of hydrogen-bond donors (Lipinski definition) is 0. The van der Waals surface area contributed by atoms with Crippen molar-refractivity contribution >= 4 is 10.8 Å². The molecule has 3 aliphatic rings. The topological polar surface area (TPSA) is 0 Å². The van der Waals surface area contributed by atoms with Crippen molar-refractivity contribution < 1.29 is 0 Å². The van der Waals surface area contributed by atoms with Gasteiger partial charge in [0.15, 0.2) is 0 Å². The fraction of sp³-hybridized carbons (Fsp3) is 0.500. The Morgan fingerprint density at radius 3 is 2.62 bits per heavy atom. The van der Waals surface area contributed by atoms with E-state index in [4.69, 9.17) is 0 Å². The fourth-order valence-corrected chi connectivity index (χ4v) is 5.82. The molecule has 0 aliphatic heterocycles. The van der Waals surface area contributed by atoms with Gasteiger partial charge in [-0.15, -0.1) is 0 Å². The van der Waals surface area contributed by atoms with E-state index < -0.39 is 0 Å². The minimum atomic E-state index is 0.206. The SMILES string of the molecule is CC(C)(C)c1cccc2cc3c(cc12)CC1(CC3)CC2=CCC1C2. The van der Waals surface area contributed by atoms with E-state index in [0.717, 1.165) is 5.92 Å². The van der Waals surface area contributed by atoms with Crippen LogP contribution in [0.1, 0.15) is 63.1 Å². The lowest BCUT2D eigenvalue weighted by Gasteiger charge is -2.41. The molecule has 2 aromatic carbocycles. The molecule has 0 amide bonds. The fourth-order valence-electron chi connectivity index (χ4n) is 5.82. The number of hydrogen-bond acceptors (Lipinski definition) is 0. The normalized spacial score (nSPS) is 28.5. The molecule has 0 aromatic heterocycles. The van der Waals surface area contributed by atoms with Gasteiger partial charge < -0.3 is 0 Å². The monoisotopic (exact) mass is 316 g/mol. The predicted octanol–water partition coefficient (Wildman–Crippen LogP) is 6.35. The average molecular weight is 316 g/mol. The Morgan fingerprint density at radius 2 is 1.92 bits per heavy atom. The molecule has 5 rings (SSSR count). The Morgan fingerprint density at radius 1 is 1.04 bits per heavy atom. The summed E-state index contributed by atoms with van der Waals surface area (Å²) < 4.78 is 0. The van der Waals surface area contributed by atoms with Crippen molar-refractivity contribution in [3.8, 4) is 0 Å². The van der Waals surface area contributed by atoms with E-state index in [9.17, 15) is 0 Å². The van der Waals surface area contributed by atoms with Gasteiger partial charge in [-0.05, 0) is 82.7 Å². The van der Waals surface area contributed by atoms with Crippen molar-refractivity contribution in [1.29, 1.82) is 0 Å². The minimum Gasteiger partial charge on any atom is -0.0850 e. The van der Waals surface area contributed by atoms with E-state index in [1.165, 1.54) is 54.9 Å². The summed E-state index contributed by atoms with van der Waals surface area (Å²) >= 11 is 0. The van der Waals surface area contributed by atoms with Crippen LogP contribution in [0.2, 0.25) is 0 Å². The Balaban J connectivity index is 1.63. The van der Waals surface area contributed by atoms with Gasteiger partial charge >= 0.3 is 0 Å². The molecule has 0 nitrogen and oxygen atoms in total. The lowest BCUT2D eigenvalue weighted by atomic mass is 9.64. The predicted molar refractivity (Wildman–Crippen MR) is 103 cm³/mol. The molecule has 24 heavy (non-hydrogen) atoms. The highest BCUT2D eigenvalue weighted by Gasteiger charge is 2.48. The third kappa shape index (κ3) is 2.05. The molecular formula is C24H28. The van der Waals surface area contributed by atoms with Gasteiger partial charge in [0, 0.05) is 0 Å². The zero-order chi connectivity index (χ0) is 16.5. The quantitative estimate of drug-likeness (QED) is 0.497. The van der Waals surface area contributed by atoms with Crippen LogP contribution in [0.15, 0.2) is 42.0 Å². The second-order valence-electron chi connectivity index (χ2n) is 9.61. The molecule has 2 unspecified atom stereocenters. The van der Waals surface area contributed by atoms with Crippen LogP contribution in [0.5, 0.6) is 0 Å². The zero-order valence-corrected chi connectivity index (χ0v) is 15.3. The molecule has 1 fully saturated rings. The molecule has 2 atom stereocenters. The molecule has 0 radical (unpaired) electrons. The minimum absolute atomic E-state index is 0.206. The number of allylic oxidation sites excluding steroid dienone is 2. The standard InChI is InChI=1S/C24H28/c1-23(2,3)22-6-4-5-18-12-17-9-10-24(15-19(17)13-21(18)22)14-16-7-8-20(24)11-16/h4-7,12-13,20H,8-11,14-15H2,1-3H3. The van der Waals surface area contributed by atoms with Crippen molar-refractivity contribution in [2.24, 2.45) is 11.3 Å². The molecule has 2 aromatic rings. The third-order valence-corrected chi connectivity index (χ3v) is 7.09. The van der Waals surface area contributed by atoms with Gasteiger partial charge in [-0.1, -0.05) is 62.8 Å². The summed E-state index contributed by atoms with van der Waals surface area (Å²) in [6.07, 6.45) is 10.7. The summed E-state index contributed by atoms with van der Waals surface area (Å²) in [4.78, 5) is 0. The van der Waals surface area contributed by atoms with Crippen molar-refractivity contribution in [2.45, 2.75) is 64.7 Å². The van der Waals surface area contributed by atoms with Gasteiger partial charge in [0.2, 0.25) is 0 Å². The number of aryl methyl sites for hydroxylation is 1. The maximum absolute atomic E-state index is 2.56. The van der Waals surface area contributed by atoms with Gasteiger partial charge in [0.05, 0.1) is 0 Å². The van der Waals surface area contributed by atoms with E-state index >= 15 is 0 Å². The summed E-state index contributed by atoms with van der Waals surface area (Å²) in [5.74, 6) is 0.939. The van der Waals surface area contributed by atoms with Gasteiger partial charge in [0.25, 0.3) is 0 Å². The molecule has 0 N–H and O–H groups in total. The summed E-state index contributed by atoms with van der Waals surface area (Å²) in [6.45, 7) is 7.02. The van der Waals surface area contributed by atoms with Crippen LogP contribution in [-0.4, -0.2) is 0 Å². The van der Waals surface area contributed by atoms with E-state index in [-0.39, 0.29) is 5.41 Å². The van der Waals surface area contributed by atoms with Crippen molar-refractivity contribution in [2.75, 3.05) is 0 Å². The number of rotatable bonds is 0. The molecule has 0 saturated heterocycles. The molecule has 124 valence electrons. The first kappa shape index (κ1) is 14.8. The maximum atomic E-state index is 2.56. The first-order valence-corrected chi connectivity index (χ1v) is 9.68. The molecule has 1 saturated carbocycles. The molecule has 0 heterocycles. The number of fused-ring (bicyclic) bond motifs is 5. The Kier molecular flexibility index (Phi) is 2.92. The number of benzene rings is 2. The highest BCUT2D eigenvalue weighted by molar-refractivity contribution is 5.88. The maximum Gasteiger partial charge on any atom is -0.0126 e. The van der Waals surface area contributed by atoms with Gasteiger partial charge in [0.1, 0.15) is 0 Å². The summed E-state index contributed by atoms with van der Waals surface area (Å²) in [5, 5.41) is 2.93. The van der Waals surface area contributed by atoms with Gasteiger partial charge in [-0.2, -0.15) is 0 Å². The lowest BCUT2D eigenvalue weighted by Crippen LogP contribution is -2.33. The lowest BCUT2D eigenvalue weighted by molar-refractivity contribution is 0.169. The summed E-state index contributed by atoms with van der Waals surface area (Å²) in [6, 6.07) is 11.9. The Bertz CT molecular complexity index is 861. The van der Waals surface area contributed by atoms with Crippen LogP contribution in [0, 0.1) is 11.3 Å². The van der Waals surface area contributed by atoms with E-state index in [1.54, 1.807) is 16.7 Å². The van der Waals surface area contributed by atoms with Crippen LogP contribution in [-0.2, 0) is 18.3 Å². The van der Waals surface area contributed by atoms with Crippen LogP contribution < -0.4 is 0 Å². The van der Waals surface area contributed by atoms with Crippen LogP contribution in [0.3, 0.4) is 0 Å². The molecule has 3 aliphatic carbocycles. The molecule has 1 spiro atoms. The van der Waals surface area contributed by atoms with Crippen molar-refractivity contribution in [3.05, 3.63) is 58.7 Å². The smallest absolute Gasteiger partial charge is 0.0126 e. The highest BCUT2D eigenvalue weighted by Crippen LogP contribution is 2.58. The highest BCUT2D eigenvalue weighted by atomic mass is 14.5. The first-order chi connectivity index (χ1) is 11.4. The second kappa shape index (κ2) is 4.75.